The molecule has 4 nitrogen and oxygen atoms in total. The molecule has 2 aliphatic rings. The number of halogens is 2. The summed E-state index contributed by atoms with van der Waals surface area (Å²) in [6.07, 6.45) is 6.52. The summed E-state index contributed by atoms with van der Waals surface area (Å²) in [5, 5.41) is 4.30. The van der Waals surface area contributed by atoms with Gasteiger partial charge in [-0.2, -0.15) is 5.10 Å². The summed E-state index contributed by atoms with van der Waals surface area (Å²) in [4.78, 5) is 12.3. The molecule has 0 saturated heterocycles. The molecule has 0 heterocycles. The highest BCUT2D eigenvalue weighted by atomic mass is 79.9. The number of nitrogens with zero attached hydrogens (tertiary/aromatic N) is 1. The van der Waals surface area contributed by atoms with E-state index >= 15 is 0 Å². The van der Waals surface area contributed by atoms with Gasteiger partial charge in [-0.3, -0.25) is 4.79 Å². The van der Waals surface area contributed by atoms with Gasteiger partial charge in [0, 0.05) is 17.2 Å². The summed E-state index contributed by atoms with van der Waals surface area (Å²) in [6.45, 7) is 2.45. The fourth-order valence-corrected chi connectivity index (χ4v) is 5.23. The number of nitrogens with one attached hydrogen (secondary N) is 1. The maximum absolute atomic E-state index is 12.3. The lowest BCUT2D eigenvalue weighted by molar-refractivity contribution is 0.0954. The van der Waals surface area contributed by atoms with Gasteiger partial charge in [0.2, 0.25) is 0 Å². The van der Waals surface area contributed by atoms with Gasteiger partial charge in [-0.25, -0.2) is 5.43 Å². The van der Waals surface area contributed by atoms with E-state index < -0.39 is 0 Å². The maximum Gasteiger partial charge on any atom is 0.271 e. The van der Waals surface area contributed by atoms with Gasteiger partial charge in [0.1, 0.15) is 12.4 Å². The van der Waals surface area contributed by atoms with Crippen LogP contribution in [0.5, 0.6) is 5.75 Å². The Morgan fingerprint density at radius 1 is 1.21 bits per heavy atom. The Hall–Kier alpha value is -1.92. The number of benzene rings is 2. The average Bonchev–Trinajstić information content (AvgIpc) is 3.02. The first-order valence-corrected chi connectivity index (χ1v) is 10.8. The monoisotopic (exact) mass is 502 g/mol. The van der Waals surface area contributed by atoms with Crippen molar-refractivity contribution in [3.8, 4) is 5.75 Å². The molecule has 0 bridgehead atoms. The standard InChI is InChI=1S/C22H20Br2N2O2/c1-13-9-18(23)21(19(24)10-13)28-12-14-5-7-15(8-6-14)22(27)26-25-20-11-16-3-2-4-17(16)20/h2,4-10,16-17H,3,11-12H2,1H3,(H,26,27)/b25-20+/t16-,17-/m0/s1. The van der Waals surface area contributed by atoms with E-state index in [0.717, 1.165) is 44.4 Å². The fraction of sp³-hybridized carbons (Fsp3) is 0.273. The number of allylic oxidation sites excluding steroid dienone is 2. The lowest BCUT2D eigenvalue weighted by Crippen LogP contribution is -2.35. The third-order valence-corrected chi connectivity index (χ3v) is 6.37. The first-order chi connectivity index (χ1) is 13.5. The highest BCUT2D eigenvalue weighted by Gasteiger charge is 2.37. The molecule has 2 aromatic rings. The Bertz CT molecular complexity index is 944. The quantitative estimate of drug-likeness (QED) is 0.415. The predicted octanol–water partition coefficient (Wildman–Crippen LogP) is 5.78. The molecule has 2 aromatic carbocycles. The van der Waals surface area contributed by atoms with Crippen molar-refractivity contribution in [2.45, 2.75) is 26.4 Å². The summed E-state index contributed by atoms with van der Waals surface area (Å²) in [5.74, 6) is 1.71. The van der Waals surface area contributed by atoms with E-state index in [2.05, 4.69) is 54.5 Å². The second-order valence-corrected chi connectivity index (χ2v) is 8.95. The largest absolute Gasteiger partial charge is 0.487 e. The lowest BCUT2D eigenvalue weighted by atomic mass is 9.74. The molecule has 0 radical (unpaired) electrons. The molecule has 1 N–H and O–H groups in total. The van der Waals surface area contributed by atoms with Crippen LogP contribution in [-0.2, 0) is 6.61 Å². The van der Waals surface area contributed by atoms with Crippen LogP contribution in [0.1, 0.15) is 34.3 Å². The average molecular weight is 504 g/mol. The van der Waals surface area contributed by atoms with Crippen molar-refractivity contribution >= 4 is 43.5 Å². The first-order valence-electron chi connectivity index (χ1n) is 9.22. The van der Waals surface area contributed by atoms with Crippen molar-refractivity contribution in [1.29, 1.82) is 0 Å². The van der Waals surface area contributed by atoms with Gasteiger partial charge in [-0.1, -0.05) is 24.3 Å². The molecule has 1 amide bonds. The number of fused-ring (bicyclic) bond motifs is 1. The lowest BCUT2D eigenvalue weighted by Gasteiger charge is -2.31. The number of carbonyl (C=O) groups is 1. The third-order valence-electron chi connectivity index (χ3n) is 5.19. The van der Waals surface area contributed by atoms with E-state index in [1.165, 1.54) is 0 Å². The SMILES string of the molecule is Cc1cc(Br)c(OCc2ccc(C(=O)N/N=C3\C[C@@H]4CC=C[C@H]34)cc2)c(Br)c1. The molecule has 1 saturated carbocycles. The van der Waals surface area contributed by atoms with Gasteiger partial charge in [0.05, 0.1) is 8.95 Å². The Morgan fingerprint density at radius 2 is 1.93 bits per heavy atom. The zero-order chi connectivity index (χ0) is 19.7. The second-order valence-electron chi connectivity index (χ2n) is 7.24. The van der Waals surface area contributed by atoms with Crippen LogP contribution < -0.4 is 10.2 Å². The van der Waals surface area contributed by atoms with Gasteiger partial charge in [0.25, 0.3) is 5.91 Å². The van der Waals surface area contributed by atoms with Crippen molar-refractivity contribution in [1.82, 2.24) is 5.43 Å². The van der Waals surface area contributed by atoms with Crippen molar-refractivity contribution < 1.29 is 9.53 Å². The number of hydrogen-bond donors (Lipinski definition) is 1. The summed E-state index contributed by atoms with van der Waals surface area (Å²) in [6, 6.07) is 11.4. The fourth-order valence-electron chi connectivity index (χ4n) is 3.58. The van der Waals surface area contributed by atoms with E-state index in [4.69, 9.17) is 4.74 Å². The van der Waals surface area contributed by atoms with Crippen LogP contribution in [0.4, 0.5) is 0 Å². The third kappa shape index (κ3) is 4.08. The minimum absolute atomic E-state index is 0.186. The number of rotatable bonds is 5. The summed E-state index contributed by atoms with van der Waals surface area (Å²) >= 11 is 7.07. The molecule has 2 atom stereocenters. The van der Waals surface area contributed by atoms with Crippen LogP contribution in [-0.4, -0.2) is 11.6 Å². The van der Waals surface area contributed by atoms with Crippen LogP contribution in [0.25, 0.3) is 0 Å². The molecule has 144 valence electrons. The van der Waals surface area contributed by atoms with Gasteiger partial charge in [-0.05, 0) is 92.9 Å². The number of carbonyl (C=O) groups excluding carboxylic acids is 1. The molecule has 0 unspecified atom stereocenters. The second kappa shape index (κ2) is 8.21. The molecule has 0 aromatic heterocycles. The molecule has 2 aliphatic carbocycles. The van der Waals surface area contributed by atoms with Gasteiger partial charge in [0.15, 0.2) is 0 Å². The number of amides is 1. The van der Waals surface area contributed by atoms with Crippen molar-refractivity contribution in [3.63, 3.8) is 0 Å². The van der Waals surface area contributed by atoms with Crippen LogP contribution in [0, 0.1) is 18.8 Å². The van der Waals surface area contributed by atoms with Gasteiger partial charge in [-0.15, -0.1) is 0 Å². The van der Waals surface area contributed by atoms with E-state index in [1.54, 1.807) is 12.1 Å². The number of ether oxygens (including phenoxy) is 1. The number of aryl methyl sites for hydroxylation is 1. The summed E-state index contributed by atoms with van der Waals surface area (Å²) in [5.41, 5.74) is 6.48. The number of hydrogen-bond acceptors (Lipinski definition) is 3. The predicted molar refractivity (Wildman–Crippen MR) is 118 cm³/mol. The molecule has 0 spiro atoms. The van der Waals surface area contributed by atoms with Crippen LogP contribution >= 0.6 is 31.9 Å². The molecule has 0 aliphatic heterocycles. The zero-order valence-corrected chi connectivity index (χ0v) is 18.6. The highest BCUT2D eigenvalue weighted by Crippen LogP contribution is 2.40. The van der Waals surface area contributed by atoms with E-state index in [1.807, 2.05) is 31.2 Å². The highest BCUT2D eigenvalue weighted by molar-refractivity contribution is 9.11. The minimum Gasteiger partial charge on any atom is -0.487 e. The van der Waals surface area contributed by atoms with Crippen molar-refractivity contribution in [2.24, 2.45) is 16.9 Å². The molecule has 6 heteroatoms. The summed E-state index contributed by atoms with van der Waals surface area (Å²) in [7, 11) is 0. The maximum atomic E-state index is 12.3. The Morgan fingerprint density at radius 3 is 2.61 bits per heavy atom. The molecular weight excluding hydrogens is 484 g/mol. The number of hydrazone groups is 1. The molecule has 1 fully saturated rings. The Kier molecular flexibility index (Phi) is 5.69. The first kappa shape index (κ1) is 19.4. The van der Waals surface area contributed by atoms with Crippen LogP contribution in [0.3, 0.4) is 0 Å². The summed E-state index contributed by atoms with van der Waals surface area (Å²) < 4.78 is 7.74. The van der Waals surface area contributed by atoms with E-state index in [-0.39, 0.29) is 5.91 Å². The van der Waals surface area contributed by atoms with Crippen LogP contribution in [0.15, 0.2) is 62.6 Å². The molecule has 4 rings (SSSR count). The zero-order valence-electron chi connectivity index (χ0n) is 15.4. The van der Waals surface area contributed by atoms with E-state index in [0.29, 0.717) is 24.0 Å². The van der Waals surface area contributed by atoms with Gasteiger partial charge < -0.3 is 4.74 Å². The van der Waals surface area contributed by atoms with Crippen LogP contribution in [0.2, 0.25) is 0 Å². The van der Waals surface area contributed by atoms with Gasteiger partial charge >= 0.3 is 0 Å². The van der Waals surface area contributed by atoms with Crippen molar-refractivity contribution in [3.05, 3.63) is 74.2 Å². The Balaban J connectivity index is 1.34. The minimum atomic E-state index is -0.186. The van der Waals surface area contributed by atoms with Crippen molar-refractivity contribution in [2.75, 3.05) is 0 Å². The normalized spacial score (nSPS) is 21.3. The smallest absolute Gasteiger partial charge is 0.271 e. The topological polar surface area (TPSA) is 50.7 Å². The molecular formula is C22H20Br2N2O2. The van der Waals surface area contributed by atoms with E-state index in [9.17, 15) is 4.79 Å². The molecule has 28 heavy (non-hydrogen) atoms. The Labute approximate surface area is 181 Å².